The zero-order chi connectivity index (χ0) is 19.7. The Morgan fingerprint density at radius 1 is 1.39 bits per heavy atom. The highest BCUT2D eigenvalue weighted by atomic mass is 32.1. The summed E-state index contributed by atoms with van der Waals surface area (Å²) in [6, 6.07) is 4.28. The Hall–Kier alpha value is -2.03. The summed E-state index contributed by atoms with van der Waals surface area (Å²) in [6.07, 6.45) is 3.27. The Morgan fingerprint density at radius 3 is 2.86 bits per heavy atom. The lowest BCUT2D eigenvalue weighted by molar-refractivity contribution is 0.0655. The number of fused-ring (bicyclic) bond motifs is 1. The summed E-state index contributed by atoms with van der Waals surface area (Å²) in [6.45, 7) is 5.70. The quantitative estimate of drug-likeness (QED) is 0.655. The molecule has 0 radical (unpaired) electrons. The van der Waals surface area contributed by atoms with Crippen LogP contribution in [-0.2, 0) is 0 Å². The fourth-order valence-corrected chi connectivity index (χ4v) is 5.51. The van der Waals surface area contributed by atoms with Crippen LogP contribution in [0.5, 0.6) is 0 Å². The third-order valence-corrected chi connectivity index (χ3v) is 7.65. The van der Waals surface area contributed by atoms with Gasteiger partial charge in [0.2, 0.25) is 0 Å². The molecule has 1 fully saturated rings. The first-order valence-electron chi connectivity index (χ1n) is 9.52. The van der Waals surface area contributed by atoms with Gasteiger partial charge in [0.25, 0.3) is 5.91 Å². The molecule has 1 unspecified atom stereocenters. The molecule has 8 heteroatoms. The molecule has 1 aliphatic rings. The van der Waals surface area contributed by atoms with Crippen molar-refractivity contribution in [2.45, 2.75) is 32.7 Å². The molecule has 0 saturated carbocycles. The first-order chi connectivity index (χ1) is 13.6. The maximum atomic E-state index is 13.1. The third kappa shape index (κ3) is 3.64. The van der Waals surface area contributed by atoms with Crippen LogP contribution in [0.4, 0.5) is 5.82 Å². The van der Waals surface area contributed by atoms with Gasteiger partial charge in [-0.1, -0.05) is 6.07 Å². The van der Waals surface area contributed by atoms with Crippen molar-refractivity contribution in [2.24, 2.45) is 5.92 Å². The molecular formula is C20H24N4O2S2. The molecule has 4 rings (SSSR count). The molecule has 148 valence electrons. The van der Waals surface area contributed by atoms with E-state index in [1.165, 1.54) is 16.2 Å². The van der Waals surface area contributed by atoms with Crippen LogP contribution < -0.4 is 5.32 Å². The molecule has 1 atom stereocenters. The number of rotatable bonds is 5. The highest BCUT2D eigenvalue weighted by Crippen LogP contribution is 2.36. The number of piperidine rings is 1. The molecular weight excluding hydrogens is 392 g/mol. The van der Waals surface area contributed by atoms with Crippen LogP contribution >= 0.6 is 22.7 Å². The van der Waals surface area contributed by atoms with E-state index in [9.17, 15) is 9.90 Å². The van der Waals surface area contributed by atoms with Gasteiger partial charge in [-0.05, 0) is 49.6 Å². The summed E-state index contributed by atoms with van der Waals surface area (Å²) in [7, 11) is 0. The molecule has 6 nitrogen and oxygen atoms in total. The van der Waals surface area contributed by atoms with Gasteiger partial charge in [0, 0.05) is 24.6 Å². The molecule has 1 aliphatic heterocycles. The van der Waals surface area contributed by atoms with Crippen molar-refractivity contribution < 1.29 is 9.90 Å². The van der Waals surface area contributed by atoms with Gasteiger partial charge in [-0.15, -0.1) is 22.7 Å². The standard InChI is InChI=1S/C20H24N4O2S2/c1-12-16-18(23-13(2)15-4-3-9-27-15)21-11-22-19(16)28-17(12)20(26)24-7-5-14(10-25)6-8-24/h3-4,9,11,13-14,25H,5-8,10H2,1-2H3,(H,21,22,23). The third-order valence-electron chi connectivity index (χ3n) is 5.40. The van der Waals surface area contributed by atoms with Gasteiger partial charge in [0.05, 0.1) is 16.3 Å². The number of aromatic nitrogens is 2. The van der Waals surface area contributed by atoms with E-state index in [2.05, 4.69) is 33.7 Å². The lowest BCUT2D eigenvalue weighted by Crippen LogP contribution is -2.39. The Labute approximate surface area is 172 Å². The minimum Gasteiger partial charge on any atom is -0.396 e. The van der Waals surface area contributed by atoms with Crippen molar-refractivity contribution in [3.63, 3.8) is 0 Å². The van der Waals surface area contributed by atoms with Crippen molar-refractivity contribution in [3.8, 4) is 0 Å². The number of carbonyl (C=O) groups is 1. The van der Waals surface area contributed by atoms with Gasteiger partial charge in [0.1, 0.15) is 17.0 Å². The van der Waals surface area contributed by atoms with Crippen molar-refractivity contribution in [3.05, 3.63) is 39.2 Å². The van der Waals surface area contributed by atoms with Crippen molar-refractivity contribution in [2.75, 3.05) is 25.0 Å². The monoisotopic (exact) mass is 416 g/mol. The van der Waals surface area contributed by atoms with E-state index in [-0.39, 0.29) is 18.6 Å². The molecule has 4 heterocycles. The average Bonchev–Trinajstić information content (AvgIpc) is 3.37. The second kappa shape index (κ2) is 8.14. The topological polar surface area (TPSA) is 78.4 Å². The van der Waals surface area contributed by atoms with Gasteiger partial charge >= 0.3 is 0 Å². The van der Waals surface area contributed by atoms with E-state index < -0.39 is 0 Å². The summed E-state index contributed by atoms with van der Waals surface area (Å²) in [5, 5.41) is 15.8. The van der Waals surface area contributed by atoms with Crippen LogP contribution in [0.2, 0.25) is 0 Å². The molecule has 28 heavy (non-hydrogen) atoms. The minimum atomic E-state index is 0.0640. The van der Waals surface area contributed by atoms with E-state index in [4.69, 9.17) is 0 Å². The van der Waals surface area contributed by atoms with Crippen LogP contribution in [0.25, 0.3) is 10.2 Å². The number of thiophene rings is 2. The highest BCUT2D eigenvalue weighted by Gasteiger charge is 2.27. The lowest BCUT2D eigenvalue weighted by atomic mass is 9.97. The Morgan fingerprint density at radius 2 is 2.18 bits per heavy atom. The number of aliphatic hydroxyl groups excluding tert-OH is 1. The molecule has 3 aromatic heterocycles. The largest absolute Gasteiger partial charge is 0.396 e. The first kappa shape index (κ1) is 19.3. The number of likely N-dealkylation sites (tertiary alicyclic amines) is 1. The molecule has 0 spiro atoms. The summed E-state index contributed by atoms with van der Waals surface area (Å²) in [5.41, 5.74) is 0.941. The maximum absolute atomic E-state index is 13.1. The smallest absolute Gasteiger partial charge is 0.264 e. The second-order valence-electron chi connectivity index (χ2n) is 7.26. The number of hydrogen-bond donors (Lipinski definition) is 2. The van der Waals surface area contributed by atoms with Gasteiger partial charge < -0.3 is 15.3 Å². The number of amides is 1. The number of hydrogen-bond acceptors (Lipinski definition) is 7. The van der Waals surface area contributed by atoms with E-state index >= 15 is 0 Å². The average molecular weight is 417 g/mol. The van der Waals surface area contributed by atoms with Crippen LogP contribution in [0, 0.1) is 12.8 Å². The summed E-state index contributed by atoms with van der Waals surface area (Å²) in [5.74, 6) is 1.15. The number of aliphatic hydroxyl groups is 1. The molecule has 3 aromatic rings. The normalized spacial score (nSPS) is 16.5. The van der Waals surface area contributed by atoms with Crippen LogP contribution in [0.15, 0.2) is 23.8 Å². The molecule has 0 aliphatic carbocycles. The molecule has 1 amide bonds. The van der Waals surface area contributed by atoms with E-state index in [1.54, 1.807) is 17.7 Å². The van der Waals surface area contributed by atoms with Crippen molar-refractivity contribution in [1.82, 2.24) is 14.9 Å². The highest BCUT2D eigenvalue weighted by molar-refractivity contribution is 7.20. The van der Waals surface area contributed by atoms with Gasteiger partial charge in [-0.3, -0.25) is 4.79 Å². The molecule has 1 saturated heterocycles. The fraction of sp³-hybridized carbons (Fsp3) is 0.450. The minimum absolute atomic E-state index is 0.0640. The van der Waals surface area contributed by atoms with Crippen LogP contribution in [0.1, 0.15) is 45.9 Å². The van der Waals surface area contributed by atoms with Gasteiger partial charge in [-0.25, -0.2) is 9.97 Å². The van der Waals surface area contributed by atoms with Crippen molar-refractivity contribution in [1.29, 1.82) is 0 Å². The SMILES string of the molecule is Cc1c(C(=O)N2CCC(CO)CC2)sc2ncnc(NC(C)c3cccs3)c12. The predicted octanol–water partition coefficient (Wildman–Crippen LogP) is 4.08. The zero-order valence-electron chi connectivity index (χ0n) is 16.0. The molecule has 0 aromatic carbocycles. The first-order valence-corrected chi connectivity index (χ1v) is 11.2. The van der Waals surface area contributed by atoms with Crippen LogP contribution in [-0.4, -0.2) is 45.6 Å². The fourth-order valence-electron chi connectivity index (χ4n) is 3.66. The zero-order valence-corrected chi connectivity index (χ0v) is 17.6. The van der Waals surface area contributed by atoms with Gasteiger partial charge in [0.15, 0.2) is 0 Å². The second-order valence-corrected chi connectivity index (χ2v) is 9.24. The summed E-state index contributed by atoms with van der Waals surface area (Å²) < 4.78 is 0. The number of nitrogens with zero attached hydrogens (tertiary/aromatic N) is 3. The van der Waals surface area contributed by atoms with Gasteiger partial charge in [-0.2, -0.15) is 0 Å². The van der Waals surface area contributed by atoms with E-state index in [0.717, 1.165) is 39.3 Å². The number of nitrogens with one attached hydrogen (secondary N) is 1. The Kier molecular flexibility index (Phi) is 5.61. The number of carbonyl (C=O) groups excluding carboxylic acids is 1. The summed E-state index contributed by atoms with van der Waals surface area (Å²) >= 11 is 3.15. The Bertz CT molecular complexity index is 962. The van der Waals surface area contributed by atoms with E-state index in [0.29, 0.717) is 19.0 Å². The molecule has 0 bridgehead atoms. The van der Waals surface area contributed by atoms with Crippen molar-refractivity contribution >= 4 is 44.6 Å². The number of anilines is 1. The maximum Gasteiger partial charge on any atom is 0.264 e. The number of aryl methyl sites for hydroxylation is 1. The lowest BCUT2D eigenvalue weighted by Gasteiger charge is -2.31. The molecule has 2 N–H and O–H groups in total. The summed E-state index contributed by atoms with van der Waals surface area (Å²) in [4.78, 5) is 26.7. The van der Waals surface area contributed by atoms with Crippen LogP contribution in [0.3, 0.4) is 0 Å². The predicted molar refractivity (Wildman–Crippen MR) is 114 cm³/mol. The Balaban J connectivity index is 1.61. The van der Waals surface area contributed by atoms with E-state index in [1.807, 2.05) is 17.9 Å².